The van der Waals surface area contributed by atoms with Crippen molar-refractivity contribution in [1.82, 2.24) is 15.1 Å². The van der Waals surface area contributed by atoms with E-state index in [1.807, 2.05) is 0 Å². The molecule has 1 aliphatic rings. The van der Waals surface area contributed by atoms with Crippen molar-refractivity contribution >= 4 is 11.9 Å². The van der Waals surface area contributed by atoms with E-state index in [1.165, 1.54) is 26.2 Å². The normalized spacial score (nSPS) is 15.3. The highest BCUT2D eigenvalue weighted by Crippen LogP contribution is 2.28. The molecule has 7 nitrogen and oxygen atoms in total. The third-order valence-electron chi connectivity index (χ3n) is 4.51. The minimum Gasteiger partial charge on any atom is -0.479 e. The van der Waals surface area contributed by atoms with Crippen LogP contribution < -0.4 is 5.32 Å². The number of halogens is 1. The molecule has 26 heavy (non-hydrogen) atoms. The summed E-state index contributed by atoms with van der Waals surface area (Å²) in [6, 6.07) is 5.85. The molecule has 138 valence electrons. The van der Waals surface area contributed by atoms with Crippen LogP contribution in [0.2, 0.25) is 0 Å². The Morgan fingerprint density at radius 2 is 2.04 bits per heavy atom. The topological polar surface area (TPSA) is 93.5 Å². The number of carboxylic acid groups (broad SMARTS) is 1. The molecule has 0 saturated carbocycles. The average Bonchev–Trinajstić information content (AvgIpc) is 3.18. The molecule has 1 unspecified atom stereocenters. The largest absolute Gasteiger partial charge is 0.479 e. The van der Waals surface area contributed by atoms with Crippen molar-refractivity contribution in [3.05, 3.63) is 47.0 Å². The summed E-state index contributed by atoms with van der Waals surface area (Å²) in [6.07, 6.45) is 2.32. The second-order valence-corrected chi connectivity index (χ2v) is 6.54. The van der Waals surface area contributed by atoms with E-state index in [0.717, 1.165) is 24.1 Å². The summed E-state index contributed by atoms with van der Waals surface area (Å²) in [7, 11) is 1.37. The summed E-state index contributed by atoms with van der Waals surface area (Å²) in [4.78, 5) is 24.2. The fraction of sp³-hybridized carbons (Fsp3) is 0.389. The van der Waals surface area contributed by atoms with Gasteiger partial charge in [0, 0.05) is 18.4 Å². The number of hydrogen-bond acceptors (Lipinski definition) is 4. The zero-order valence-electron chi connectivity index (χ0n) is 14.6. The highest BCUT2D eigenvalue weighted by molar-refractivity contribution is 5.97. The number of fused-ring (bicyclic) bond motifs is 1. The Morgan fingerprint density at radius 3 is 2.65 bits per heavy atom. The quantitative estimate of drug-likeness (QED) is 0.817. The molecule has 1 amide bonds. The number of nitrogens with one attached hydrogen (secondary N) is 1. The van der Waals surface area contributed by atoms with Crippen LogP contribution in [0.1, 0.15) is 35.1 Å². The maximum Gasteiger partial charge on any atom is 0.331 e. The number of aromatic nitrogens is 2. The number of rotatable bonds is 6. The van der Waals surface area contributed by atoms with Gasteiger partial charge in [0.1, 0.15) is 5.82 Å². The Kier molecular flexibility index (Phi) is 4.78. The first kappa shape index (κ1) is 18.1. The highest BCUT2D eigenvalue weighted by Gasteiger charge is 2.37. The van der Waals surface area contributed by atoms with E-state index in [9.17, 15) is 19.1 Å². The van der Waals surface area contributed by atoms with Gasteiger partial charge in [-0.05, 0) is 50.5 Å². The Bertz CT molecular complexity index is 847. The molecule has 0 bridgehead atoms. The summed E-state index contributed by atoms with van der Waals surface area (Å²) in [5, 5.41) is 16.3. The number of ether oxygens (including phenoxy) is 1. The summed E-state index contributed by atoms with van der Waals surface area (Å²) in [5.74, 6) is -2.11. The molecule has 0 radical (unpaired) electrons. The molecule has 0 saturated heterocycles. The van der Waals surface area contributed by atoms with Gasteiger partial charge >= 0.3 is 5.97 Å². The number of aliphatic carboxylic acids is 1. The molecule has 0 aliphatic heterocycles. The van der Waals surface area contributed by atoms with Crippen LogP contribution in [0.25, 0.3) is 5.69 Å². The third kappa shape index (κ3) is 3.20. The maximum absolute atomic E-state index is 13.2. The molecule has 1 aromatic carbocycles. The van der Waals surface area contributed by atoms with E-state index >= 15 is 0 Å². The molecule has 1 heterocycles. The molecule has 0 spiro atoms. The van der Waals surface area contributed by atoms with E-state index in [2.05, 4.69) is 10.4 Å². The molecule has 2 aromatic rings. The van der Waals surface area contributed by atoms with Crippen LogP contribution in [0.3, 0.4) is 0 Å². The van der Waals surface area contributed by atoms with Crippen molar-refractivity contribution in [3.63, 3.8) is 0 Å². The van der Waals surface area contributed by atoms with Gasteiger partial charge in [-0.3, -0.25) is 4.79 Å². The van der Waals surface area contributed by atoms with Crippen LogP contribution in [0.5, 0.6) is 0 Å². The standard InChI is InChI=1S/C18H20FN3O4/c1-18(10-26-2,17(24)25)20-16(23)15-13-4-3-5-14(13)22(21-15)12-8-6-11(19)7-9-12/h6-9H,3-5,10H2,1-2H3,(H,20,23)(H,24,25). The van der Waals surface area contributed by atoms with Crippen molar-refractivity contribution < 1.29 is 23.8 Å². The van der Waals surface area contributed by atoms with Gasteiger partial charge in [-0.15, -0.1) is 0 Å². The number of carboxylic acids is 1. The van der Waals surface area contributed by atoms with E-state index in [4.69, 9.17) is 4.74 Å². The molecule has 1 aromatic heterocycles. The van der Waals surface area contributed by atoms with Gasteiger partial charge in [0.2, 0.25) is 0 Å². The third-order valence-corrected chi connectivity index (χ3v) is 4.51. The van der Waals surface area contributed by atoms with Crippen LogP contribution in [0.4, 0.5) is 4.39 Å². The number of carbonyl (C=O) groups excluding carboxylic acids is 1. The van der Waals surface area contributed by atoms with Crippen molar-refractivity contribution in [2.75, 3.05) is 13.7 Å². The summed E-state index contributed by atoms with van der Waals surface area (Å²) < 4.78 is 19.7. The second kappa shape index (κ2) is 6.87. The predicted octanol–water partition coefficient (Wildman–Crippen LogP) is 1.72. The Balaban J connectivity index is 1.96. The number of nitrogens with zero attached hydrogens (tertiary/aromatic N) is 2. The second-order valence-electron chi connectivity index (χ2n) is 6.54. The Hall–Kier alpha value is -2.74. The molecule has 1 aliphatic carbocycles. The lowest BCUT2D eigenvalue weighted by Crippen LogP contribution is -2.55. The monoisotopic (exact) mass is 361 g/mol. The van der Waals surface area contributed by atoms with Crippen LogP contribution in [0, 0.1) is 5.82 Å². The fourth-order valence-electron chi connectivity index (χ4n) is 3.17. The lowest BCUT2D eigenvalue weighted by atomic mass is 10.0. The minimum atomic E-state index is -1.56. The SMILES string of the molecule is COCC(C)(NC(=O)c1nn(-c2ccc(F)cc2)c2c1CCC2)C(=O)O. The number of hydrogen-bond donors (Lipinski definition) is 2. The zero-order chi connectivity index (χ0) is 18.9. The molecule has 2 N–H and O–H groups in total. The maximum atomic E-state index is 13.2. The van der Waals surface area contributed by atoms with Crippen molar-refractivity contribution in [2.24, 2.45) is 0 Å². The van der Waals surface area contributed by atoms with Crippen LogP contribution in [-0.2, 0) is 22.4 Å². The molecule has 0 fully saturated rings. The van der Waals surface area contributed by atoms with Gasteiger partial charge in [0.05, 0.1) is 12.3 Å². The molecule has 8 heteroatoms. The molecule has 1 atom stereocenters. The molecular formula is C18H20FN3O4. The van der Waals surface area contributed by atoms with Gasteiger partial charge in [0.15, 0.2) is 11.2 Å². The number of benzene rings is 1. The fourth-order valence-corrected chi connectivity index (χ4v) is 3.17. The minimum absolute atomic E-state index is 0.172. The lowest BCUT2D eigenvalue weighted by molar-refractivity contribution is -0.145. The first-order chi connectivity index (χ1) is 12.4. The lowest BCUT2D eigenvalue weighted by Gasteiger charge is -2.24. The number of methoxy groups -OCH3 is 1. The van der Waals surface area contributed by atoms with E-state index in [0.29, 0.717) is 12.1 Å². The smallest absolute Gasteiger partial charge is 0.331 e. The predicted molar refractivity (Wildman–Crippen MR) is 90.9 cm³/mol. The summed E-state index contributed by atoms with van der Waals surface area (Å²) >= 11 is 0. The van der Waals surface area contributed by atoms with Gasteiger partial charge in [-0.25, -0.2) is 13.9 Å². The van der Waals surface area contributed by atoms with Gasteiger partial charge in [-0.1, -0.05) is 0 Å². The Morgan fingerprint density at radius 1 is 1.35 bits per heavy atom. The van der Waals surface area contributed by atoms with Crippen molar-refractivity contribution in [1.29, 1.82) is 0 Å². The molecular weight excluding hydrogens is 341 g/mol. The Labute approximate surface area is 149 Å². The van der Waals surface area contributed by atoms with Crippen molar-refractivity contribution in [2.45, 2.75) is 31.7 Å². The first-order valence-corrected chi connectivity index (χ1v) is 8.27. The van der Waals surface area contributed by atoms with E-state index < -0.39 is 17.4 Å². The molecule has 3 rings (SSSR count). The first-order valence-electron chi connectivity index (χ1n) is 8.27. The van der Waals surface area contributed by atoms with Crippen molar-refractivity contribution in [3.8, 4) is 5.69 Å². The van der Waals surface area contributed by atoms with Gasteiger partial charge < -0.3 is 15.2 Å². The number of carbonyl (C=O) groups is 2. The highest BCUT2D eigenvalue weighted by atomic mass is 19.1. The van der Waals surface area contributed by atoms with Crippen LogP contribution >= 0.6 is 0 Å². The van der Waals surface area contributed by atoms with E-state index in [-0.39, 0.29) is 18.1 Å². The van der Waals surface area contributed by atoms with Crippen LogP contribution in [-0.4, -0.2) is 46.0 Å². The van der Waals surface area contributed by atoms with Gasteiger partial charge in [0.25, 0.3) is 5.91 Å². The summed E-state index contributed by atoms with van der Waals surface area (Å²) in [6.45, 7) is 1.21. The van der Waals surface area contributed by atoms with Crippen LogP contribution in [0.15, 0.2) is 24.3 Å². The number of amides is 1. The van der Waals surface area contributed by atoms with Gasteiger partial charge in [-0.2, -0.15) is 5.10 Å². The average molecular weight is 361 g/mol. The van der Waals surface area contributed by atoms with E-state index in [1.54, 1.807) is 16.8 Å². The zero-order valence-corrected chi connectivity index (χ0v) is 14.6. The summed E-state index contributed by atoms with van der Waals surface area (Å²) in [5.41, 5.74) is 0.992.